The molecule has 0 spiro atoms. The van der Waals surface area contributed by atoms with E-state index in [0.29, 0.717) is 0 Å². The molecule has 0 rings (SSSR count). The Labute approximate surface area is 72.9 Å². The second-order valence-corrected chi connectivity index (χ2v) is 2.79. The highest BCUT2D eigenvalue weighted by atomic mass is 16.2. The van der Waals surface area contributed by atoms with E-state index in [0.717, 1.165) is 0 Å². The van der Waals surface area contributed by atoms with Gasteiger partial charge < -0.3 is 9.80 Å². The monoisotopic (exact) mass is 167 g/mol. The number of carbonyl (C=O) groups excluding carboxylic acids is 1. The number of likely N-dealkylation sites (N-methyl/N-ethyl adjacent to an activating group) is 1. The van der Waals surface area contributed by atoms with E-state index in [1.54, 1.807) is 33.1 Å². The summed E-state index contributed by atoms with van der Waals surface area (Å²) in [5, 5.41) is 0. The molecule has 0 saturated carbocycles. The normalized spacial score (nSPS) is 10.4. The number of hydrogen-bond donors (Lipinski definition) is 0. The van der Waals surface area contributed by atoms with Gasteiger partial charge in [-0.1, -0.05) is 0 Å². The Morgan fingerprint density at radius 1 is 1.33 bits per heavy atom. The third-order valence-corrected chi connectivity index (χ3v) is 1.13. The molecule has 0 aromatic carbocycles. The van der Waals surface area contributed by atoms with Crippen molar-refractivity contribution in [3.8, 4) is 0 Å². The molecule has 0 aromatic heterocycles. The fourth-order valence-electron chi connectivity index (χ4n) is 0.606. The summed E-state index contributed by atoms with van der Waals surface area (Å²) < 4.78 is 0. The van der Waals surface area contributed by atoms with Gasteiger partial charge >= 0.3 is 0 Å². The standard InChI is InChI=1S/C8H13N3O/c1-9-7(6-10(2)3)8(12)11(4)5/h6H,2-5H3. The van der Waals surface area contributed by atoms with E-state index in [1.807, 2.05) is 0 Å². The van der Waals surface area contributed by atoms with Crippen LogP contribution in [0.4, 0.5) is 0 Å². The summed E-state index contributed by atoms with van der Waals surface area (Å²) in [4.78, 5) is 17.4. The maximum Gasteiger partial charge on any atom is 0.265 e. The number of rotatable bonds is 2. The molecule has 4 heteroatoms. The fraction of sp³-hybridized carbons (Fsp3) is 0.500. The van der Waals surface area contributed by atoms with Gasteiger partial charge in [0.05, 0.1) is 6.57 Å². The Morgan fingerprint density at radius 2 is 1.83 bits per heavy atom. The minimum atomic E-state index is -0.265. The first kappa shape index (κ1) is 10.5. The van der Waals surface area contributed by atoms with E-state index in [2.05, 4.69) is 4.85 Å². The Balaban J connectivity index is 4.60. The first-order valence-corrected chi connectivity index (χ1v) is 3.46. The molecule has 0 fully saturated rings. The lowest BCUT2D eigenvalue weighted by molar-refractivity contribution is -0.124. The molecular formula is C8H13N3O. The van der Waals surface area contributed by atoms with E-state index in [4.69, 9.17) is 6.57 Å². The van der Waals surface area contributed by atoms with Gasteiger partial charge in [-0.2, -0.15) is 0 Å². The molecule has 0 N–H and O–H groups in total. The Morgan fingerprint density at radius 3 is 2.08 bits per heavy atom. The molecule has 0 unspecified atom stereocenters. The fourth-order valence-corrected chi connectivity index (χ4v) is 0.606. The summed E-state index contributed by atoms with van der Waals surface area (Å²) >= 11 is 0. The van der Waals surface area contributed by atoms with Crippen LogP contribution in [0.1, 0.15) is 0 Å². The van der Waals surface area contributed by atoms with Crippen LogP contribution in [-0.4, -0.2) is 43.9 Å². The van der Waals surface area contributed by atoms with E-state index in [1.165, 1.54) is 11.1 Å². The molecule has 66 valence electrons. The number of nitrogens with zero attached hydrogens (tertiary/aromatic N) is 3. The largest absolute Gasteiger partial charge is 0.393 e. The van der Waals surface area contributed by atoms with Crippen molar-refractivity contribution in [1.82, 2.24) is 9.80 Å². The summed E-state index contributed by atoms with van der Waals surface area (Å²) in [5.41, 5.74) is 0.130. The van der Waals surface area contributed by atoms with Crippen molar-refractivity contribution in [1.29, 1.82) is 0 Å². The zero-order chi connectivity index (χ0) is 9.72. The highest BCUT2D eigenvalue weighted by Crippen LogP contribution is 2.00. The maximum absolute atomic E-state index is 11.2. The molecular weight excluding hydrogens is 154 g/mol. The van der Waals surface area contributed by atoms with Gasteiger partial charge in [0.1, 0.15) is 0 Å². The second kappa shape index (κ2) is 4.39. The van der Waals surface area contributed by atoms with Crippen LogP contribution in [0.2, 0.25) is 0 Å². The predicted octanol–water partition coefficient (Wildman–Crippen LogP) is 0.397. The molecule has 12 heavy (non-hydrogen) atoms. The first-order valence-electron chi connectivity index (χ1n) is 3.46. The van der Waals surface area contributed by atoms with Crippen LogP contribution >= 0.6 is 0 Å². The van der Waals surface area contributed by atoms with Crippen molar-refractivity contribution in [2.24, 2.45) is 0 Å². The van der Waals surface area contributed by atoms with Crippen molar-refractivity contribution < 1.29 is 4.79 Å². The molecule has 0 aromatic rings. The van der Waals surface area contributed by atoms with Gasteiger partial charge in [0, 0.05) is 34.4 Å². The molecule has 0 saturated heterocycles. The lowest BCUT2D eigenvalue weighted by atomic mass is 10.4. The van der Waals surface area contributed by atoms with E-state index >= 15 is 0 Å². The minimum absolute atomic E-state index is 0.130. The highest BCUT2D eigenvalue weighted by molar-refractivity contribution is 5.94. The SMILES string of the molecule is [C-]#[N+]C(=CN(C)C)C(=O)N(C)C. The highest BCUT2D eigenvalue weighted by Gasteiger charge is 2.11. The Kier molecular flexibility index (Phi) is 3.84. The average molecular weight is 167 g/mol. The van der Waals surface area contributed by atoms with Crippen molar-refractivity contribution in [2.45, 2.75) is 0 Å². The lowest BCUT2D eigenvalue weighted by Gasteiger charge is -2.11. The number of amides is 1. The van der Waals surface area contributed by atoms with Gasteiger partial charge in [0.15, 0.2) is 0 Å². The zero-order valence-corrected chi connectivity index (χ0v) is 7.83. The Bertz CT molecular complexity index is 235. The van der Waals surface area contributed by atoms with Crippen LogP contribution in [0.15, 0.2) is 11.9 Å². The quantitative estimate of drug-likeness (QED) is 0.440. The second-order valence-electron chi connectivity index (χ2n) is 2.79. The minimum Gasteiger partial charge on any atom is -0.393 e. The van der Waals surface area contributed by atoms with Gasteiger partial charge in [-0.25, -0.2) is 4.85 Å². The van der Waals surface area contributed by atoms with E-state index in [-0.39, 0.29) is 11.6 Å². The topological polar surface area (TPSA) is 27.9 Å². The van der Waals surface area contributed by atoms with Gasteiger partial charge in [-0.3, -0.25) is 4.79 Å². The zero-order valence-electron chi connectivity index (χ0n) is 7.83. The summed E-state index contributed by atoms with van der Waals surface area (Å²) in [7, 11) is 6.79. The van der Waals surface area contributed by atoms with Crippen molar-refractivity contribution in [3.63, 3.8) is 0 Å². The van der Waals surface area contributed by atoms with Crippen molar-refractivity contribution in [2.75, 3.05) is 28.2 Å². The molecule has 0 aliphatic rings. The summed E-state index contributed by atoms with van der Waals surface area (Å²) in [6, 6.07) is 0. The lowest BCUT2D eigenvalue weighted by Crippen LogP contribution is -2.23. The van der Waals surface area contributed by atoms with Gasteiger partial charge in [0.25, 0.3) is 11.6 Å². The van der Waals surface area contributed by atoms with Gasteiger partial charge in [-0.05, 0) is 0 Å². The smallest absolute Gasteiger partial charge is 0.265 e. The van der Waals surface area contributed by atoms with Crippen LogP contribution in [-0.2, 0) is 4.79 Å². The van der Waals surface area contributed by atoms with Crippen LogP contribution in [0.3, 0.4) is 0 Å². The average Bonchev–Trinajstić information content (AvgIpc) is 1.98. The third-order valence-electron chi connectivity index (χ3n) is 1.13. The van der Waals surface area contributed by atoms with Gasteiger partial charge in [-0.15, -0.1) is 0 Å². The Hall–Kier alpha value is -1.50. The molecule has 0 heterocycles. The van der Waals surface area contributed by atoms with Crippen molar-refractivity contribution in [3.05, 3.63) is 23.3 Å². The number of hydrogen-bond acceptors (Lipinski definition) is 2. The van der Waals surface area contributed by atoms with E-state index < -0.39 is 0 Å². The molecule has 0 aliphatic carbocycles. The first-order chi connectivity index (χ1) is 5.49. The van der Waals surface area contributed by atoms with Gasteiger partial charge in [0.2, 0.25) is 0 Å². The predicted molar refractivity (Wildman–Crippen MR) is 47.1 cm³/mol. The molecule has 0 aliphatic heterocycles. The van der Waals surface area contributed by atoms with Crippen LogP contribution in [0, 0.1) is 6.57 Å². The third kappa shape index (κ3) is 3.06. The van der Waals surface area contributed by atoms with Crippen LogP contribution in [0.25, 0.3) is 4.85 Å². The van der Waals surface area contributed by atoms with E-state index in [9.17, 15) is 4.79 Å². The van der Waals surface area contributed by atoms with Crippen LogP contribution in [0.5, 0.6) is 0 Å². The molecule has 0 radical (unpaired) electrons. The summed E-state index contributed by atoms with van der Waals surface area (Å²) in [5.74, 6) is -0.265. The van der Waals surface area contributed by atoms with Crippen LogP contribution < -0.4 is 0 Å². The number of carbonyl (C=O) groups is 1. The summed E-state index contributed by atoms with van der Waals surface area (Å²) in [6.07, 6.45) is 1.51. The van der Waals surface area contributed by atoms with Crippen molar-refractivity contribution >= 4 is 5.91 Å². The molecule has 0 bridgehead atoms. The molecule has 4 nitrogen and oxygen atoms in total. The maximum atomic E-state index is 11.2. The molecule has 1 amide bonds. The molecule has 0 atom stereocenters. The summed E-state index contributed by atoms with van der Waals surface area (Å²) in [6.45, 7) is 6.76.